The Morgan fingerprint density at radius 1 is 1.10 bits per heavy atom. The largest absolute Gasteiger partial charge is 0.860 e. The molecular formula is C22H29N6O2-. The van der Waals surface area contributed by atoms with Crippen LogP contribution in [-0.2, 0) is 13.1 Å². The van der Waals surface area contributed by atoms with Crippen LogP contribution in [0.4, 0.5) is 17.3 Å². The number of hydrogen-bond acceptors (Lipinski definition) is 8. The highest BCUT2D eigenvalue weighted by Crippen LogP contribution is 2.36. The first kappa shape index (κ1) is 20.4. The fourth-order valence-corrected chi connectivity index (χ4v) is 3.92. The summed E-state index contributed by atoms with van der Waals surface area (Å²) in [6.07, 6.45) is 4.45. The summed E-state index contributed by atoms with van der Waals surface area (Å²) in [6, 6.07) is 8.62. The van der Waals surface area contributed by atoms with Crippen molar-refractivity contribution < 1.29 is 9.84 Å². The maximum Gasteiger partial charge on any atom is 0.320 e. The minimum atomic E-state index is -0.241. The molecule has 8 nitrogen and oxygen atoms in total. The minimum absolute atomic E-state index is 0.163. The predicted octanol–water partition coefficient (Wildman–Crippen LogP) is 2.24. The van der Waals surface area contributed by atoms with E-state index in [1.807, 2.05) is 11.0 Å². The van der Waals surface area contributed by atoms with Crippen LogP contribution < -0.4 is 20.5 Å². The molecular weight excluding hydrogens is 380 g/mol. The Balaban J connectivity index is 1.59. The fraction of sp³-hybridized carbons (Fsp3) is 0.500. The van der Waals surface area contributed by atoms with E-state index in [0.29, 0.717) is 24.7 Å². The molecule has 160 valence electrons. The van der Waals surface area contributed by atoms with Crippen LogP contribution in [0.3, 0.4) is 0 Å². The molecule has 0 aliphatic carbocycles. The molecule has 2 N–H and O–H groups in total. The Bertz CT molecular complexity index is 910. The molecule has 4 rings (SSSR count). The van der Waals surface area contributed by atoms with Gasteiger partial charge in [-0.1, -0.05) is 37.6 Å². The Kier molecular flexibility index (Phi) is 6.32. The van der Waals surface area contributed by atoms with E-state index in [1.165, 1.54) is 24.0 Å². The SMILES string of the molecule is CCCCOc1nc(N)c2c(n1)N(Cc1ccccc1CN1CCCC1)CC([O-])=N2. The second-order valence-electron chi connectivity index (χ2n) is 7.88. The number of aromatic nitrogens is 2. The number of likely N-dealkylation sites (tertiary alicyclic amines) is 1. The number of fused-ring (bicyclic) bond motifs is 1. The molecule has 2 aliphatic rings. The highest BCUT2D eigenvalue weighted by molar-refractivity contribution is 5.90. The number of nitrogens with zero attached hydrogens (tertiary/aromatic N) is 5. The summed E-state index contributed by atoms with van der Waals surface area (Å²) in [6.45, 7) is 6.55. The molecule has 0 unspecified atom stereocenters. The number of anilines is 2. The molecule has 0 amide bonds. The summed E-state index contributed by atoms with van der Waals surface area (Å²) in [5.41, 5.74) is 8.88. The maximum atomic E-state index is 12.3. The number of nitrogen functional groups attached to an aromatic ring is 1. The second kappa shape index (κ2) is 9.30. The monoisotopic (exact) mass is 409 g/mol. The summed E-state index contributed by atoms with van der Waals surface area (Å²) in [4.78, 5) is 17.2. The lowest BCUT2D eigenvalue weighted by Gasteiger charge is -2.32. The van der Waals surface area contributed by atoms with Crippen LogP contribution in [0.2, 0.25) is 0 Å². The van der Waals surface area contributed by atoms with Gasteiger partial charge in [-0.05, 0) is 49.4 Å². The van der Waals surface area contributed by atoms with Crippen molar-refractivity contribution in [1.29, 1.82) is 0 Å². The third-order valence-corrected chi connectivity index (χ3v) is 5.54. The lowest BCUT2D eigenvalue weighted by atomic mass is 10.1. The van der Waals surface area contributed by atoms with E-state index in [-0.39, 0.29) is 24.3 Å². The third kappa shape index (κ3) is 4.64. The Hall–Kier alpha value is -2.87. The van der Waals surface area contributed by atoms with Crippen molar-refractivity contribution in [3.63, 3.8) is 0 Å². The predicted molar refractivity (Wildman–Crippen MR) is 116 cm³/mol. The average molecular weight is 410 g/mol. The topological polar surface area (TPSA) is 103 Å². The first-order valence-electron chi connectivity index (χ1n) is 10.7. The quantitative estimate of drug-likeness (QED) is 0.667. The van der Waals surface area contributed by atoms with Gasteiger partial charge in [0.2, 0.25) is 0 Å². The molecule has 0 spiro atoms. The molecule has 0 atom stereocenters. The first-order valence-corrected chi connectivity index (χ1v) is 10.7. The molecule has 3 heterocycles. The van der Waals surface area contributed by atoms with E-state index < -0.39 is 0 Å². The highest BCUT2D eigenvalue weighted by atomic mass is 16.5. The lowest BCUT2D eigenvalue weighted by molar-refractivity contribution is -0.216. The van der Waals surface area contributed by atoms with Crippen molar-refractivity contribution in [2.45, 2.75) is 45.7 Å². The van der Waals surface area contributed by atoms with Crippen LogP contribution in [0.5, 0.6) is 6.01 Å². The van der Waals surface area contributed by atoms with Gasteiger partial charge in [-0.25, -0.2) is 0 Å². The molecule has 0 saturated carbocycles. The van der Waals surface area contributed by atoms with Gasteiger partial charge in [0.25, 0.3) is 0 Å². The normalized spacial score (nSPS) is 16.4. The van der Waals surface area contributed by atoms with E-state index in [9.17, 15) is 5.11 Å². The highest BCUT2D eigenvalue weighted by Gasteiger charge is 2.24. The molecule has 1 saturated heterocycles. The molecule has 0 bridgehead atoms. The molecule has 2 aromatic rings. The summed E-state index contributed by atoms with van der Waals surface area (Å²) in [7, 11) is 0. The zero-order chi connectivity index (χ0) is 20.9. The Morgan fingerprint density at radius 3 is 2.57 bits per heavy atom. The number of aliphatic imine (C=N–C) groups is 1. The van der Waals surface area contributed by atoms with E-state index >= 15 is 0 Å². The second-order valence-corrected chi connectivity index (χ2v) is 7.88. The first-order chi connectivity index (χ1) is 14.6. The summed E-state index contributed by atoms with van der Waals surface area (Å²) < 4.78 is 5.67. The number of nitrogens with two attached hydrogens (primary N) is 1. The Labute approximate surface area is 177 Å². The zero-order valence-electron chi connectivity index (χ0n) is 17.5. The van der Waals surface area contributed by atoms with Crippen LogP contribution in [-0.4, -0.2) is 47.0 Å². The number of hydrogen-bond donors (Lipinski definition) is 1. The van der Waals surface area contributed by atoms with E-state index in [0.717, 1.165) is 32.5 Å². The number of rotatable bonds is 8. The smallest absolute Gasteiger partial charge is 0.320 e. The van der Waals surface area contributed by atoms with Crippen LogP contribution >= 0.6 is 0 Å². The lowest BCUT2D eigenvalue weighted by Crippen LogP contribution is -2.39. The summed E-state index contributed by atoms with van der Waals surface area (Å²) in [5, 5.41) is 12.3. The van der Waals surface area contributed by atoms with Gasteiger partial charge < -0.3 is 20.5 Å². The van der Waals surface area contributed by atoms with E-state index in [1.54, 1.807) is 0 Å². The van der Waals surface area contributed by atoms with Crippen molar-refractivity contribution in [1.82, 2.24) is 14.9 Å². The van der Waals surface area contributed by atoms with Crippen molar-refractivity contribution in [2.75, 3.05) is 36.9 Å². The molecule has 8 heteroatoms. The van der Waals surface area contributed by atoms with Gasteiger partial charge in [0.15, 0.2) is 11.6 Å². The van der Waals surface area contributed by atoms with Crippen molar-refractivity contribution >= 4 is 23.2 Å². The van der Waals surface area contributed by atoms with Crippen LogP contribution in [0.15, 0.2) is 29.3 Å². The number of unbranched alkanes of at least 4 members (excludes halogenated alkanes) is 1. The van der Waals surface area contributed by atoms with E-state index in [4.69, 9.17) is 10.5 Å². The molecule has 2 aliphatic heterocycles. The van der Waals surface area contributed by atoms with Crippen molar-refractivity contribution in [2.24, 2.45) is 4.99 Å². The summed E-state index contributed by atoms with van der Waals surface area (Å²) in [5.74, 6) is 0.494. The molecule has 1 aromatic heterocycles. The molecule has 0 radical (unpaired) electrons. The van der Waals surface area contributed by atoms with Crippen molar-refractivity contribution in [3.05, 3.63) is 35.4 Å². The maximum absolute atomic E-state index is 12.3. The zero-order valence-corrected chi connectivity index (χ0v) is 17.5. The van der Waals surface area contributed by atoms with Crippen LogP contribution in [0, 0.1) is 0 Å². The molecule has 1 aromatic carbocycles. The van der Waals surface area contributed by atoms with Gasteiger partial charge in [-0.15, -0.1) is 0 Å². The van der Waals surface area contributed by atoms with E-state index in [2.05, 4.69) is 45.0 Å². The average Bonchev–Trinajstić information content (AvgIpc) is 3.24. The van der Waals surface area contributed by atoms with Crippen LogP contribution in [0.1, 0.15) is 43.7 Å². The molecule has 1 fully saturated rings. The number of ether oxygens (including phenoxy) is 1. The standard InChI is InChI=1S/C22H30N6O2/c1-2-3-12-30-22-25-20(23)19-21(26-22)28(15-18(29)24-19)14-17-9-5-4-8-16(17)13-27-10-6-7-11-27/h4-5,8-9H,2-3,6-7,10-15H2,1H3,(H,24,29)(H2,23,25,26)/p-1. The van der Waals surface area contributed by atoms with Gasteiger partial charge in [0.05, 0.1) is 6.61 Å². The van der Waals surface area contributed by atoms with Gasteiger partial charge in [-0.2, -0.15) is 9.97 Å². The van der Waals surface area contributed by atoms with Gasteiger partial charge >= 0.3 is 6.01 Å². The minimum Gasteiger partial charge on any atom is -0.860 e. The fourth-order valence-electron chi connectivity index (χ4n) is 3.92. The van der Waals surface area contributed by atoms with Gasteiger partial charge in [-0.3, -0.25) is 9.89 Å². The molecule has 30 heavy (non-hydrogen) atoms. The van der Waals surface area contributed by atoms with Gasteiger partial charge in [0, 0.05) is 19.6 Å². The Morgan fingerprint density at radius 2 is 1.83 bits per heavy atom. The third-order valence-electron chi connectivity index (χ3n) is 5.54. The summed E-state index contributed by atoms with van der Waals surface area (Å²) >= 11 is 0. The van der Waals surface area contributed by atoms with Crippen LogP contribution in [0.25, 0.3) is 0 Å². The van der Waals surface area contributed by atoms with Gasteiger partial charge in [0.1, 0.15) is 5.69 Å². The van der Waals surface area contributed by atoms with Crippen molar-refractivity contribution in [3.8, 4) is 6.01 Å². The number of benzene rings is 1.